The molecule has 0 bridgehead atoms. The fourth-order valence-corrected chi connectivity index (χ4v) is 3.71. The fourth-order valence-electron chi connectivity index (χ4n) is 3.33. The number of aryl methyl sites for hydroxylation is 2. The van der Waals surface area contributed by atoms with Crippen LogP contribution in [-0.2, 0) is 13.1 Å². The van der Waals surface area contributed by atoms with E-state index in [0.29, 0.717) is 24.6 Å². The first-order valence-corrected chi connectivity index (χ1v) is 11.1. The van der Waals surface area contributed by atoms with Gasteiger partial charge in [0.05, 0.1) is 6.54 Å². The number of benzene rings is 1. The summed E-state index contributed by atoms with van der Waals surface area (Å²) in [5.74, 6) is 1.45. The monoisotopic (exact) mass is 456 g/mol. The van der Waals surface area contributed by atoms with Gasteiger partial charge in [0.1, 0.15) is 11.3 Å². The van der Waals surface area contributed by atoms with Crippen LogP contribution in [0.1, 0.15) is 55.4 Å². The third-order valence-electron chi connectivity index (χ3n) is 5.04. The van der Waals surface area contributed by atoms with E-state index in [2.05, 4.69) is 46.3 Å². The summed E-state index contributed by atoms with van der Waals surface area (Å²) in [6.45, 7) is 10.5. The molecular weight excluding hydrogens is 428 g/mol. The van der Waals surface area contributed by atoms with Crippen molar-refractivity contribution in [2.24, 2.45) is 5.92 Å². The largest absolute Gasteiger partial charge is 0.331 e. The van der Waals surface area contributed by atoms with Crippen molar-refractivity contribution >= 4 is 33.0 Å². The number of imidazole rings is 1. The van der Waals surface area contributed by atoms with Gasteiger partial charge in [0, 0.05) is 29.3 Å². The van der Waals surface area contributed by atoms with Crippen LogP contribution in [-0.4, -0.2) is 31.9 Å². The molecule has 154 valence electrons. The van der Waals surface area contributed by atoms with E-state index in [9.17, 15) is 4.79 Å². The minimum atomic E-state index is 0.0365. The maximum absolute atomic E-state index is 13.4. The van der Waals surface area contributed by atoms with Crippen molar-refractivity contribution < 1.29 is 4.79 Å². The Hall–Kier alpha value is -2.21. The second kappa shape index (κ2) is 9.53. The van der Waals surface area contributed by atoms with Crippen LogP contribution in [0.2, 0.25) is 0 Å². The number of fused-ring (bicyclic) bond motifs is 1. The zero-order chi connectivity index (χ0) is 21.0. The Kier molecular flexibility index (Phi) is 7.06. The lowest BCUT2D eigenvalue weighted by atomic mass is 10.1. The van der Waals surface area contributed by atoms with Crippen molar-refractivity contribution in [3.63, 3.8) is 0 Å². The van der Waals surface area contributed by atoms with E-state index in [1.54, 1.807) is 6.20 Å². The quantitative estimate of drug-likeness (QED) is 0.443. The Labute approximate surface area is 181 Å². The van der Waals surface area contributed by atoms with Gasteiger partial charge in [-0.15, -0.1) is 0 Å². The maximum atomic E-state index is 13.4. The topological polar surface area (TPSA) is 51.0 Å². The molecule has 3 aromatic rings. The summed E-state index contributed by atoms with van der Waals surface area (Å²) in [6, 6.07) is 9.68. The Morgan fingerprint density at radius 1 is 1.28 bits per heavy atom. The van der Waals surface area contributed by atoms with Gasteiger partial charge in [-0.25, -0.2) is 9.97 Å². The highest BCUT2D eigenvalue weighted by molar-refractivity contribution is 9.10. The molecule has 0 saturated heterocycles. The molecule has 29 heavy (non-hydrogen) atoms. The van der Waals surface area contributed by atoms with Crippen molar-refractivity contribution in [3.8, 4) is 0 Å². The number of hydrogen-bond acceptors (Lipinski definition) is 3. The zero-order valence-corrected chi connectivity index (χ0v) is 19.2. The highest BCUT2D eigenvalue weighted by Gasteiger charge is 2.21. The number of rotatable bonds is 8. The van der Waals surface area contributed by atoms with E-state index in [0.717, 1.165) is 46.4 Å². The van der Waals surface area contributed by atoms with Gasteiger partial charge in [-0.2, -0.15) is 0 Å². The van der Waals surface area contributed by atoms with Gasteiger partial charge in [-0.05, 0) is 55.5 Å². The molecule has 2 heterocycles. The third kappa shape index (κ3) is 5.04. The van der Waals surface area contributed by atoms with Crippen LogP contribution >= 0.6 is 15.9 Å². The lowest BCUT2D eigenvalue weighted by Gasteiger charge is -2.24. The van der Waals surface area contributed by atoms with E-state index in [-0.39, 0.29) is 5.91 Å². The van der Waals surface area contributed by atoms with Crippen LogP contribution in [0.5, 0.6) is 0 Å². The van der Waals surface area contributed by atoms with Crippen molar-refractivity contribution in [1.82, 2.24) is 19.4 Å². The van der Waals surface area contributed by atoms with Gasteiger partial charge in [0.2, 0.25) is 0 Å². The van der Waals surface area contributed by atoms with E-state index < -0.39 is 0 Å². The molecule has 6 heteroatoms. The average Bonchev–Trinajstić information content (AvgIpc) is 3.04. The van der Waals surface area contributed by atoms with Crippen molar-refractivity contribution in [2.75, 3.05) is 6.54 Å². The number of carbonyl (C=O) groups is 1. The molecule has 0 N–H and O–H groups in total. The maximum Gasteiger partial charge on any atom is 0.254 e. The van der Waals surface area contributed by atoms with E-state index in [4.69, 9.17) is 4.98 Å². The molecule has 3 rings (SSSR count). The highest BCUT2D eigenvalue weighted by atomic mass is 79.9. The summed E-state index contributed by atoms with van der Waals surface area (Å²) in [5, 5.41) is 0. The smallest absolute Gasteiger partial charge is 0.254 e. The number of carbonyl (C=O) groups excluding carboxylic acids is 1. The van der Waals surface area contributed by atoms with Crippen molar-refractivity contribution in [3.05, 3.63) is 58.0 Å². The highest BCUT2D eigenvalue weighted by Crippen LogP contribution is 2.21. The molecule has 2 aromatic heterocycles. The Bertz CT molecular complexity index is 996. The fraction of sp³-hybridized carbons (Fsp3) is 0.435. The lowest BCUT2D eigenvalue weighted by molar-refractivity contribution is 0.0729. The van der Waals surface area contributed by atoms with Crippen LogP contribution in [0.3, 0.4) is 0 Å². The molecule has 0 aliphatic carbocycles. The SMILES string of the molecule is CCCn1c(CN(CCC(C)C)C(=O)c2ccc(C)c(Br)c2)nc2cccnc21. The molecule has 1 aromatic carbocycles. The van der Waals surface area contributed by atoms with Crippen molar-refractivity contribution in [1.29, 1.82) is 0 Å². The Morgan fingerprint density at radius 3 is 2.76 bits per heavy atom. The zero-order valence-electron chi connectivity index (χ0n) is 17.7. The second-order valence-electron chi connectivity index (χ2n) is 7.90. The van der Waals surface area contributed by atoms with E-state index in [1.807, 2.05) is 42.2 Å². The molecular formula is C23H29BrN4O. The molecule has 0 saturated carbocycles. The summed E-state index contributed by atoms with van der Waals surface area (Å²) < 4.78 is 3.10. The second-order valence-corrected chi connectivity index (χ2v) is 8.75. The standard InChI is InChI=1S/C23H29BrN4O/c1-5-12-28-21(26-20-7-6-11-25-22(20)28)15-27(13-10-16(2)3)23(29)18-9-8-17(4)19(24)14-18/h6-9,11,14,16H,5,10,12-13,15H2,1-4H3. The van der Waals surface area contributed by atoms with Crippen LogP contribution in [0.15, 0.2) is 41.0 Å². The number of halogens is 1. The van der Waals surface area contributed by atoms with Crippen LogP contribution in [0.25, 0.3) is 11.2 Å². The molecule has 0 aliphatic heterocycles. The molecule has 0 unspecified atom stereocenters. The van der Waals surface area contributed by atoms with Gasteiger partial charge < -0.3 is 9.47 Å². The van der Waals surface area contributed by atoms with Gasteiger partial charge in [-0.3, -0.25) is 4.79 Å². The van der Waals surface area contributed by atoms with Gasteiger partial charge in [0.25, 0.3) is 5.91 Å². The summed E-state index contributed by atoms with van der Waals surface area (Å²) in [6.07, 6.45) is 3.73. The Balaban J connectivity index is 1.95. The minimum absolute atomic E-state index is 0.0365. The number of nitrogens with zero attached hydrogens (tertiary/aromatic N) is 4. The van der Waals surface area contributed by atoms with Crippen molar-refractivity contribution in [2.45, 2.75) is 53.6 Å². The van der Waals surface area contributed by atoms with Crippen LogP contribution < -0.4 is 0 Å². The number of hydrogen-bond donors (Lipinski definition) is 0. The first kappa shape index (κ1) is 21.5. The predicted octanol–water partition coefficient (Wildman–Crippen LogP) is 5.60. The Morgan fingerprint density at radius 2 is 2.07 bits per heavy atom. The molecule has 0 fully saturated rings. The van der Waals surface area contributed by atoms with Gasteiger partial charge in [0.15, 0.2) is 5.65 Å². The minimum Gasteiger partial charge on any atom is -0.331 e. The molecule has 0 radical (unpaired) electrons. The van der Waals surface area contributed by atoms with E-state index >= 15 is 0 Å². The number of aromatic nitrogens is 3. The first-order valence-electron chi connectivity index (χ1n) is 10.3. The molecule has 5 nitrogen and oxygen atoms in total. The summed E-state index contributed by atoms with van der Waals surface area (Å²) in [4.78, 5) is 24.6. The summed E-state index contributed by atoms with van der Waals surface area (Å²) in [7, 11) is 0. The summed E-state index contributed by atoms with van der Waals surface area (Å²) in [5.41, 5.74) is 3.58. The van der Waals surface area contributed by atoms with Crippen LogP contribution in [0.4, 0.5) is 0 Å². The number of amides is 1. The van der Waals surface area contributed by atoms with Crippen LogP contribution in [0, 0.1) is 12.8 Å². The number of pyridine rings is 1. The van der Waals surface area contributed by atoms with E-state index in [1.165, 1.54) is 0 Å². The molecule has 0 aliphatic rings. The molecule has 0 spiro atoms. The predicted molar refractivity (Wildman–Crippen MR) is 121 cm³/mol. The lowest BCUT2D eigenvalue weighted by Crippen LogP contribution is -2.33. The third-order valence-corrected chi connectivity index (χ3v) is 5.90. The first-order chi connectivity index (χ1) is 13.9. The summed E-state index contributed by atoms with van der Waals surface area (Å²) >= 11 is 3.55. The van der Waals surface area contributed by atoms with Gasteiger partial charge >= 0.3 is 0 Å². The molecule has 0 atom stereocenters. The van der Waals surface area contributed by atoms with Gasteiger partial charge in [-0.1, -0.05) is 42.8 Å². The normalized spacial score (nSPS) is 11.4. The molecule has 1 amide bonds. The average molecular weight is 457 g/mol.